The van der Waals surface area contributed by atoms with Gasteiger partial charge in [-0.3, -0.25) is 0 Å². The number of furan rings is 1. The second-order valence-corrected chi connectivity index (χ2v) is 6.97. The molecule has 1 aromatic carbocycles. The molecular weight excluding hydrogens is 407 g/mol. The normalized spacial score (nSPS) is 20.5. The highest BCUT2D eigenvalue weighted by molar-refractivity contribution is 6.09. The maximum atomic E-state index is 10.6. The summed E-state index contributed by atoms with van der Waals surface area (Å²) in [5.41, 5.74) is 8.13. The zero-order valence-corrected chi connectivity index (χ0v) is 15.7. The van der Waals surface area contributed by atoms with Crippen LogP contribution < -0.4 is 20.7 Å². The predicted octanol–water partition coefficient (Wildman–Crippen LogP) is 2.15. The standard InChI is InChI=1S/C16H17N5O2.C2HF3O2/c1-22-10-3-2-4-11-12(10)13-14(23-11)15(20-16(17)19-13)21-7-8-5-9(21)6-18-8;3-2(4,5)1(6)7/h2-4,8-9,18H,5-7H2,1H3,(H2,17,19,20);(H,6,7). The quantitative estimate of drug-likeness (QED) is 0.566. The number of nitrogens with two attached hydrogens (primary N) is 1. The van der Waals surface area contributed by atoms with E-state index in [0.29, 0.717) is 17.7 Å². The molecule has 30 heavy (non-hydrogen) atoms. The Morgan fingerprint density at radius 3 is 2.70 bits per heavy atom. The number of aromatic nitrogens is 2. The number of carbonyl (C=O) groups is 1. The fourth-order valence-electron chi connectivity index (χ4n) is 3.84. The van der Waals surface area contributed by atoms with Crippen molar-refractivity contribution in [1.82, 2.24) is 15.3 Å². The van der Waals surface area contributed by atoms with Crippen molar-refractivity contribution in [3.05, 3.63) is 18.2 Å². The topological polar surface area (TPSA) is 127 Å². The third-order valence-electron chi connectivity index (χ3n) is 5.09. The minimum atomic E-state index is -5.08. The first kappa shape index (κ1) is 20.0. The number of carboxylic acids is 1. The Morgan fingerprint density at radius 2 is 2.13 bits per heavy atom. The van der Waals surface area contributed by atoms with E-state index in [9.17, 15) is 13.2 Å². The Morgan fingerprint density at radius 1 is 1.40 bits per heavy atom. The molecule has 4 N–H and O–H groups in total. The third-order valence-corrected chi connectivity index (χ3v) is 5.09. The molecule has 5 rings (SSSR count). The zero-order valence-electron chi connectivity index (χ0n) is 15.7. The molecule has 2 fully saturated rings. The number of nitrogens with one attached hydrogen (secondary N) is 1. The number of rotatable bonds is 2. The molecule has 2 aliphatic heterocycles. The first-order chi connectivity index (χ1) is 14.2. The number of hydrogen-bond donors (Lipinski definition) is 3. The minimum Gasteiger partial charge on any atom is -0.496 e. The lowest BCUT2D eigenvalue weighted by Crippen LogP contribution is -2.44. The summed E-state index contributed by atoms with van der Waals surface area (Å²) in [6.45, 7) is 1.89. The second-order valence-electron chi connectivity index (χ2n) is 6.97. The highest BCUT2D eigenvalue weighted by Gasteiger charge is 2.40. The number of halogens is 3. The van der Waals surface area contributed by atoms with Crippen LogP contribution in [0.2, 0.25) is 0 Å². The molecule has 0 saturated carbocycles. The molecule has 3 aromatic rings. The van der Waals surface area contributed by atoms with E-state index in [1.165, 1.54) is 0 Å². The average molecular weight is 425 g/mol. The number of methoxy groups -OCH3 is 1. The molecular formula is C18H18F3N5O4. The predicted molar refractivity (Wildman–Crippen MR) is 102 cm³/mol. The van der Waals surface area contributed by atoms with Crippen LogP contribution in [0, 0.1) is 0 Å². The van der Waals surface area contributed by atoms with Crippen LogP contribution in [0.25, 0.3) is 22.1 Å². The highest BCUT2D eigenvalue weighted by atomic mass is 19.4. The van der Waals surface area contributed by atoms with Gasteiger partial charge in [0, 0.05) is 25.2 Å². The number of ether oxygens (including phenoxy) is 1. The van der Waals surface area contributed by atoms with Gasteiger partial charge in [0.2, 0.25) is 5.95 Å². The van der Waals surface area contributed by atoms with Gasteiger partial charge in [-0.15, -0.1) is 0 Å². The number of fused-ring (bicyclic) bond motifs is 5. The first-order valence-corrected chi connectivity index (χ1v) is 9.02. The van der Waals surface area contributed by atoms with Crippen LogP contribution in [0.3, 0.4) is 0 Å². The fraction of sp³-hybridized carbons (Fsp3) is 0.389. The molecule has 0 aliphatic carbocycles. The number of piperazine rings is 1. The summed E-state index contributed by atoms with van der Waals surface area (Å²) in [6, 6.07) is 6.67. The molecule has 0 radical (unpaired) electrons. The second kappa shape index (κ2) is 7.20. The number of alkyl halides is 3. The molecule has 4 heterocycles. The summed E-state index contributed by atoms with van der Waals surface area (Å²) in [5, 5.41) is 11.5. The Bertz CT molecular complexity index is 1120. The van der Waals surface area contributed by atoms with Gasteiger partial charge in [0.25, 0.3) is 0 Å². The van der Waals surface area contributed by atoms with Gasteiger partial charge in [0.05, 0.1) is 12.5 Å². The van der Waals surface area contributed by atoms with Crippen molar-refractivity contribution in [3.63, 3.8) is 0 Å². The van der Waals surface area contributed by atoms with Gasteiger partial charge >= 0.3 is 12.1 Å². The molecule has 12 heteroatoms. The molecule has 160 valence electrons. The summed E-state index contributed by atoms with van der Waals surface area (Å²) >= 11 is 0. The molecule has 2 unspecified atom stereocenters. The van der Waals surface area contributed by atoms with Crippen LogP contribution in [0.1, 0.15) is 6.42 Å². The monoisotopic (exact) mass is 425 g/mol. The van der Waals surface area contributed by atoms with E-state index in [-0.39, 0.29) is 5.95 Å². The van der Waals surface area contributed by atoms with Crippen LogP contribution in [-0.2, 0) is 4.79 Å². The first-order valence-electron chi connectivity index (χ1n) is 9.02. The maximum Gasteiger partial charge on any atom is 0.490 e. The Labute approximate surface area is 167 Å². The number of nitrogens with zero attached hydrogens (tertiary/aromatic N) is 3. The zero-order chi connectivity index (χ0) is 21.6. The van der Waals surface area contributed by atoms with E-state index in [0.717, 1.165) is 47.6 Å². The lowest BCUT2D eigenvalue weighted by Gasteiger charge is -2.28. The van der Waals surface area contributed by atoms with Crippen LogP contribution in [0.4, 0.5) is 24.9 Å². The van der Waals surface area contributed by atoms with Crippen molar-refractivity contribution in [2.45, 2.75) is 24.7 Å². The van der Waals surface area contributed by atoms with Crippen LogP contribution in [-0.4, -0.2) is 59.5 Å². The Hall–Kier alpha value is -3.28. The summed E-state index contributed by atoms with van der Waals surface area (Å²) in [6.07, 6.45) is -3.95. The third kappa shape index (κ3) is 3.43. The van der Waals surface area contributed by atoms with Gasteiger partial charge in [-0.05, 0) is 18.6 Å². The van der Waals surface area contributed by atoms with Gasteiger partial charge < -0.3 is 30.2 Å². The number of carboxylic acid groups (broad SMARTS) is 1. The lowest BCUT2D eigenvalue weighted by molar-refractivity contribution is -0.192. The van der Waals surface area contributed by atoms with E-state index in [1.54, 1.807) is 7.11 Å². The van der Waals surface area contributed by atoms with Crippen LogP contribution in [0.5, 0.6) is 5.75 Å². The van der Waals surface area contributed by atoms with Gasteiger partial charge in [0.15, 0.2) is 11.4 Å². The van der Waals surface area contributed by atoms with Crippen molar-refractivity contribution in [1.29, 1.82) is 0 Å². The summed E-state index contributed by atoms with van der Waals surface area (Å²) in [4.78, 5) is 20.1. The van der Waals surface area contributed by atoms with Crippen molar-refractivity contribution in [2.75, 3.05) is 30.8 Å². The van der Waals surface area contributed by atoms with Crippen molar-refractivity contribution >= 4 is 39.8 Å². The van der Waals surface area contributed by atoms with Crippen LogP contribution >= 0.6 is 0 Å². The average Bonchev–Trinajstić information content (AvgIpc) is 3.40. The van der Waals surface area contributed by atoms with Gasteiger partial charge in [-0.1, -0.05) is 6.07 Å². The van der Waals surface area contributed by atoms with Crippen LogP contribution in [0.15, 0.2) is 22.6 Å². The number of hydrogen-bond acceptors (Lipinski definition) is 8. The number of aliphatic carboxylic acids is 1. The van der Waals surface area contributed by atoms with E-state index in [2.05, 4.69) is 20.2 Å². The minimum absolute atomic E-state index is 0.261. The molecule has 0 amide bonds. The smallest absolute Gasteiger partial charge is 0.490 e. The largest absolute Gasteiger partial charge is 0.496 e. The van der Waals surface area contributed by atoms with E-state index >= 15 is 0 Å². The molecule has 2 aromatic heterocycles. The van der Waals surface area contributed by atoms with E-state index in [1.807, 2.05) is 18.2 Å². The molecule has 9 nitrogen and oxygen atoms in total. The molecule has 2 aliphatic rings. The SMILES string of the molecule is COc1cccc2oc3c(N4CC5CC4CN5)nc(N)nc3c12.O=C(O)C(F)(F)F. The van der Waals surface area contributed by atoms with Gasteiger partial charge in [0.1, 0.15) is 16.8 Å². The van der Waals surface area contributed by atoms with Crippen molar-refractivity contribution in [2.24, 2.45) is 0 Å². The fourth-order valence-corrected chi connectivity index (χ4v) is 3.84. The lowest BCUT2D eigenvalue weighted by atomic mass is 10.2. The Kier molecular flexibility index (Phi) is 4.80. The molecule has 0 spiro atoms. The number of anilines is 2. The van der Waals surface area contributed by atoms with E-state index in [4.69, 9.17) is 24.8 Å². The van der Waals surface area contributed by atoms with Crippen molar-refractivity contribution < 1.29 is 32.2 Å². The highest BCUT2D eigenvalue weighted by Crippen LogP contribution is 2.40. The summed E-state index contributed by atoms with van der Waals surface area (Å²) < 4.78 is 43.3. The number of nitrogen functional groups attached to an aromatic ring is 1. The van der Waals surface area contributed by atoms with Crippen molar-refractivity contribution in [3.8, 4) is 5.75 Å². The summed E-state index contributed by atoms with van der Waals surface area (Å²) in [7, 11) is 1.64. The maximum absolute atomic E-state index is 10.6. The molecule has 2 bridgehead atoms. The summed E-state index contributed by atoms with van der Waals surface area (Å²) in [5.74, 6) is -0.973. The van der Waals surface area contributed by atoms with Gasteiger partial charge in [-0.2, -0.15) is 18.2 Å². The Balaban J connectivity index is 0.000000272. The van der Waals surface area contributed by atoms with Gasteiger partial charge in [-0.25, -0.2) is 9.78 Å². The number of benzene rings is 1. The van der Waals surface area contributed by atoms with E-state index < -0.39 is 12.1 Å². The molecule has 2 saturated heterocycles. The molecule has 2 atom stereocenters.